The SMILES string of the molecule is C=Cc1cc(N)c(N2CCN(C(=O)C3CC3)[C@H](C)C2)nc1C1CC1. The maximum absolute atomic E-state index is 12.4. The van der Waals surface area contributed by atoms with Crippen molar-refractivity contribution in [3.05, 3.63) is 23.9 Å². The van der Waals surface area contributed by atoms with E-state index in [9.17, 15) is 4.79 Å². The monoisotopic (exact) mass is 326 g/mol. The van der Waals surface area contributed by atoms with Crippen molar-refractivity contribution >= 4 is 23.5 Å². The third-order valence-corrected chi connectivity index (χ3v) is 5.41. The van der Waals surface area contributed by atoms with Gasteiger partial charge in [0, 0.05) is 37.5 Å². The van der Waals surface area contributed by atoms with E-state index in [2.05, 4.69) is 18.4 Å². The van der Waals surface area contributed by atoms with Gasteiger partial charge < -0.3 is 15.5 Å². The molecule has 128 valence electrons. The molecule has 1 amide bonds. The van der Waals surface area contributed by atoms with Crippen LogP contribution in [0.1, 0.15) is 49.8 Å². The molecule has 0 unspecified atom stereocenters. The summed E-state index contributed by atoms with van der Waals surface area (Å²) in [5.74, 6) is 2.07. The Balaban J connectivity index is 1.55. The molecule has 0 aromatic carbocycles. The predicted molar refractivity (Wildman–Crippen MR) is 96.8 cm³/mol. The van der Waals surface area contributed by atoms with Crippen molar-refractivity contribution in [2.24, 2.45) is 5.92 Å². The number of pyridine rings is 1. The van der Waals surface area contributed by atoms with E-state index in [0.717, 1.165) is 49.6 Å². The number of hydrogen-bond acceptors (Lipinski definition) is 4. The molecule has 1 aromatic heterocycles. The van der Waals surface area contributed by atoms with E-state index in [1.807, 2.05) is 17.0 Å². The molecule has 3 aliphatic rings. The first-order chi connectivity index (χ1) is 11.6. The van der Waals surface area contributed by atoms with Gasteiger partial charge in [0.2, 0.25) is 5.91 Å². The zero-order valence-corrected chi connectivity index (χ0v) is 14.4. The van der Waals surface area contributed by atoms with Gasteiger partial charge in [-0.05, 0) is 44.2 Å². The van der Waals surface area contributed by atoms with Crippen LogP contribution in [0, 0.1) is 5.92 Å². The van der Waals surface area contributed by atoms with Crippen LogP contribution >= 0.6 is 0 Å². The van der Waals surface area contributed by atoms with E-state index in [0.29, 0.717) is 17.5 Å². The molecule has 2 N–H and O–H groups in total. The Morgan fingerprint density at radius 1 is 1.33 bits per heavy atom. The summed E-state index contributed by atoms with van der Waals surface area (Å²) in [6.45, 7) is 8.39. The van der Waals surface area contributed by atoms with E-state index in [4.69, 9.17) is 10.7 Å². The van der Waals surface area contributed by atoms with Crippen molar-refractivity contribution in [2.75, 3.05) is 30.3 Å². The molecule has 5 heteroatoms. The van der Waals surface area contributed by atoms with E-state index < -0.39 is 0 Å². The summed E-state index contributed by atoms with van der Waals surface area (Å²) >= 11 is 0. The standard InChI is InChI=1S/C19H26N4O/c1-3-13-10-16(20)18(21-17(13)14-4-5-14)22-8-9-23(12(2)11-22)19(24)15-6-7-15/h3,10,12,14-15H,1,4-9,11,20H2,2H3/t12-/m1/s1. The average molecular weight is 326 g/mol. The Bertz CT molecular complexity index is 678. The highest BCUT2D eigenvalue weighted by Gasteiger charge is 2.38. The van der Waals surface area contributed by atoms with Gasteiger partial charge >= 0.3 is 0 Å². The fourth-order valence-electron chi connectivity index (χ4n) is 3.69. The van der Waals surface area contributed by atoms with Gasteiger partial charge in [-0.2, -0.15) is 0 Å². The van der Waals surface area contributed by atoms with Gasteiger partial charge in [-0.25, -0.2) is 4.98 Å². The second-order valence-corrected chi connectivity index (χ2v) is 7.46. The summed E-state index contributed by atoms with van der Waals surface area (Å²) in [6.07, 6.45) is 6.40. The molecule has 0 spiro atoms. The van der Waals surface area contributed by atoms with E-state index in [1.165, 1.54) is 12.8 Å². The van der Waals surface area contributed by atoms with Crippen LogP contribution in [0.3, 0.4) is 0 Å². The van der Waals surface area contributed by atoms with E-state index >= 15 is 0 Å². The minimum Gasteiger partial charge on any atom is -0.396 e. The third kappa shape index (κ3) is 2.76. The molecule has 0 radical (unpaired) electrons. The number of rotatable bonds is 4. The number of piperazine rings is 1. The number of hydrogen-bond donors (Lipinski definition) is 1. The Kier molecular flexibility index (Phi) is 3.74. The normalized spacial score (nSPS) is 24.1. The van der Waals surface area contributed by atoms with E-state index in [1.54, 1.807) is 0 Å². The number of amides is 1. The third-order valence-electron chi connectivity index (χ3n) is 5.41. The van der Waals surface area contributed by atoms with Crippen molar-refractivity contribution in [1.29, 1.82) is 0 Å². The minimum atomic E-state index is 0.205. The summed E-state index contributed by atoms with van der Waals surface area (Å²) in [6, 6.07) is 2.21. The summed E-state index contributed by atoms with van der Waals surface area (Å²) in [5, 5.41) is 0. The molecule has 2 saturated carbocycles. The van der Waals surface area contributed by atoms with Crippen LogP contribution in [-0.2, 0) is 4.79 Å². The molecule has 1 atom stereocenters. The molecule has 5 nitrogen and oxygen atoms in total. The van der Waals surface area contributed by atoms with Gasteiger partial charge in [0.25, 0.3) is 0 Å². The van der Waals surface area contributed by atoms with Crippen LogP contribution in [0.5, 0.6) is 0 Å². The Morgan fingerprint density at radius 3 is 2.67 bits per heavy atom. The van der Waals surface area contributed by atoms with Crippen molar-refractivity contribution < 1.29 is 4.79 Å². The molecule has 2 aliphatic carbocycles. The van der Waals surface area contributed by atoms with Crippen molar-refractivity contribution in [1.82, 2.24) is 9.88 Å². The van der Waals surface area contributed by atoms with Gasteiger partial charge in [-0.3, -0.25) is 4.79 Å². The van der Waals surface area contributed by atoms with E-state index in [-0.39, 0.29) is 12.0 Å². The summed E-state index contributed by atoms with van der Waals surface area (Å²) in [4.78, 5) is 21.6. The number of nitrogens with two attached hydrogens (primary N) is 1. The molecule has 2 heterocycles. The molecule has 1 aliphatic heterocycles. The summed E-state index contributed by atoms with van der Waals surface area (Å²) in [5.41, 5.74) is 9.20. The highest BCUT2D eigenvalue weighted by molar-refractivity contribution is 5.81. The number of nitrogens with zero attached hydrogens (tertiary/aromatic N) is 3. The van der Waals surface area contributed by atoms with Crippen molar-refractivity contribution in [2.45, 2.75) is 44.6 Å². The minimum absolute atomic E-state index is 0.205. The fraction of sp³-hybridized carbons (Fsp3) is 0.579. The summed E-state index contributed by atoms with van der Waals surface area (Å²) < 4.78 is 0. The quantitative estimate of drug-likeness (QED) is 0.924. The van der Waals surface area contributed by atoms with Crippen LogP contribution < -0.4 is 10.6 Å². The van der Waals surface area contributed by atoms with Crippen LogP contribution in [0.25, 0.3) is 6.08 Å². The average Bonchev–Trinajstić information content (AvgIpc) is 3.46. The lowest BCUT2D eigenvalue weighted by Gasteiger charge is -2.41. The molecule has 4 rings (SSSR count). The molecule has 24 heavy (non-hydrogen) atoms. The highest BCUT2D eigenvalue weighted by Crippen LogP contribution is 2.43. The topological polar surface area (TPSA) is 62.5 Å². The molecular formula is C19H26N4O. The number of aromatic nitrogens is 1. The smallest absolute Gasteiger partial charge is 0.226 e. The molecular weight excluding hydrogens is 300 g/mol. The lowest BCUT2D eigenvalue weighted by molar-refractivity contribution is -0.134. The molecule has 3 fully saturated rings. The van der Waals surface area contributed by atoms with Crippen LogP contribution in [0.15, 0.2) is 12.6 Å². The molecule has 0 bridgehead atoms. The van der Waals surface area contributed by atoms with Gasteiger partial charge in [0.15, 0.2) is 5.82 Å². The number of anilines is 2. The second kappa shape index (κ2) is 5.80. The Morgan fingerprint density at radius 2 is 2.08 bits per heavy atom. The largest absolute Gasteiger partial charge is 0.396 e. The zero-order valence-electron chi connectivity index (χ0n) is 14.4. The van der Waals surface area contributed by atoms with Crippen LogP contribution in [-0.4, -0.2) is 41.5 Å². The fourth-order valence-corrected chi connectivity index (χ4v) is 3.69. The van der Waals surface area contributed by atoms with Gasteiger partial charge in [-0.15, -0.1) is 0 Å². The predicted octanol–water partition coefficient (Wildman–Crippen LogP) is 2.63. The Hall–Kier alpha value is -2.04. The van der Waals surface area contributed by atoms with Crippen molar-refractivity contribution in [3.63, 3.8) is 0 Å². The van der Waals surface area contributed by atoms with Crippen molar-refractivity contribution in [3.8, 4) is 0 Å². The van der Waals surface area contributed by atoms with Crippen LogP contribution in [0.4, 0.5) is 11.5 Å². The molecule has 1 saturated heterocycles. The van der Waals surface area contributed by atoms with Gasteiger partial charge in [-0.1, -0.05) is 12.7 Å². The van der Waals surface area contributed by atoms with Crippen LogP contribution in [0.2, 0.25) is 0 Å². The number of carbonyl (C=O) groups excluding carboxylic acids is 1. The second-order valence-electron chi connectivity index (χ2n) is 7.46. The van der Waals surface area contributed by atoms with Gasteiger partial charge in [0.05, 0.1) is 11.4 Å². The molecule has 1 aromatic rings. The highest BCUT2D eigenvalue weighted by atomic mass is 16.2. The lowest BCUT2D eigenvalue weighted by atomic mass is 10.1. The first-order valence-electron chi connectivity index (χ1n) is 9.06. The first kappa shape index (κ1) is 15.5. The number of nitrogen functional groups attached to an aromatic ring is 1. The first-order valence-corrected chi connectivity index (χ1v) is 9.06. The number of carbonyl (C=O) groups is 1. The lowest BCUT2D eigenvalue weighted by Crippen LogP contribution is -2.54. The maximum Gasteiger partial charge on any atom is 0.226 e. The Labute approximate surface area is 143 Å². The zero-order chi connectivity index (χ0) is 16.8. The maximum atomic E-state index is 12.4. The summed E-state index contributed by atoms with van der Waals surface area (Å²) in [7, 11) is 0. The van der Waals surface area contributed by atoms with Gasteiger partial charge in [0.1, 0.15) is 0 Å².